The molecule has 0 fully saturated rings. The zero-order valence-corrected chi connectivity index (χ0v) is 10.0. The quantitative estimate of drug-likeness (QED) is 0.759. The predicted molar refractivity (Wildman–Crippen MR) is 62.0 cm³/mol. The minimum absolute atomic E-state index is 0.357. The zero-order chi connectivity index (χ0) is 10.8. The number of carbonyl (C=O) groups is 1. The van der Waals surface area contributed by atoms with Crippen molar-refractivity contribution in [2.24, 2.45) is 5.73 Å². The summed E-state index contributed by atoms with van der Waals surface area (Å²) in [7, 11) is -1.06. The fraction of sp³-hybridized carbons (Fsp3) is 0.364. The van der Waals surface area contributed by atoms with E-state index in [0.717, 1.165) is 6.04 Å². The molecule has 0 saturated carbocycles. The van der Waals surface area contributed by atoms with Gasteiger partial charge in [0.25, 0.3) is 0 Å². The lowest BCUT2D eigenvalue weighted by atomic mass is 10.1. The number of nitrogens with two attached hydrogens (primary N) is 1. The molecule has 0 aliphatic carbocycles. The van der Waals surface area contributed by atoms with Gasteiger partial charge in [-0.25, -0.2) is 0 Å². The number of amides is 1. The standard InChI is InChI=1S/C11H17NOSi/c1-14(2,3)8-9-4-6-10(7-5-9)11(12)13/h4-7H,8H2,1-3H3,(H2,12,13). The van der Waals surface area contributed by atoms with Crippen LogP contribution >= 0.6 is 0 Å². The Labute approximate surface area is 86.1 Å². The van der Waals surface area contributed by atoms with E-state index in [1.54, 1.807) is 12.1 Å². The SMILES string of the molecule is C[Si](C)(C)Cc1ccc(C(N)=O)cc1. The zero-order valence-electron chi connectivity index (χ0n) is 9.00. The van der Waals surface area contributed by atoms with Crippen molar-refractivity contribution in [3.05, 3.63) is 35.4 Å². The third kappa shape index (κ3) is 3.34. The van der Waals surface area contributed by atoms with E-state index in [1.165, 1.54) is 5.56 Å². The van der Waals surface area contributed by atoms with Crippen molar-refractivity contribution >= 4 is 14.0 Å². The van der Waals surface area contributed by atoms with Gasteiger partial charge in [0.2, 0.25) is 5.91 Å². The van der Waals surface area contributed by atoms with Gasteiger partial charge >= 0.3 is 0 Å². The van der Waals surface area contributed by atoms with E-state index in [0.29, 0.717) is 5.56 Å². The fourth-order valence-corrected chi connectivity index (χ4v) is 2.86. The third-order valence-corrected chi connectivity index (χ3v) is 3.44. The van der Waals surface area contributed by atoms with Crippen molar-refractivity contribution in [1.82, 2.24) is 0 Å². The Bertz CT molecular complexity index is 324. The molecule has 3 heteroatoms. The molecule has 0 heterocycles. The second kappa shape index (κ2) is 3.96. The normalized spacial score (nSPS) is 11.4. The molecule has 0 radical (unpaired) electrons. The molecule has 14 heavy (non-hydrogen) atoms. The van der Waals surface area contributed by atoms with Gasteiger partial charge in [-0.3, -0.25) is 4.79 Å². The van der Waals surface area contributed by atoms with Crippen molar-refractivity contribution < 1.29 is 4.79 Å². The summed E-state index contributed by atoms with van der Waals surface area (Å²) in [5, 5.41) is 0. The first-order valence-corrected chi connectivity index (χ1v) is 8.48. The van der Waals surface area contributed by atoms with Gasteiger partial charge in [0.1, 0.15) is 0 Å². The lowest BCUT2D eigenvalue weighted by Crippen LogP contribution is -2.23. The van der Waals surface area contributed by atoms with E-state index in [9.17, 15) is 4.79 Å². The lowest BCUT2D eigenvalue weighted by molar-refractivity contribution is 0.100. The second-order valence-corrected chi connectivity index (χ2v) is 10.3. The van der Waals surface area contributed by atoms with Crippen molar-refractivity contribution in [3.63, 3.8) is 0 Å². The summed E-state index contributed by atoms with van der Waals surface area (Å²) in [6.07, 6.45) is 0. The molecule has 2 nitrogen and oxygen atoms in total. The van der Waals surface area contributed by atoms with Crippen LogP contribution in [0, 0.1) is 0 Å². The molecule has 1 aromatic carbocycles. The molecule has 0 aliphatic rings. The number of hydrogen-bond acceptors (Lipinski definition) is 1. The topological polar surface area (TPSA) is 43.1 Å². The highest BCUT2D eigenvalue weighted by molar-refractivity contribution is 6.75. The van der Waals surface area contributed by atoms with E-state index in [2.05, 4.69) is 19.6 Å². The number of primary amides is 1. The Hall–Kier alpha value is -1.09. The maximum absolute atomic E-state index is 10.8. The van der Waals surface area contributed by atoms with Crippen LogP contribution in [0.25, 0.3) is 0 Å². The summed E-state index contributed by atoms with van der Waals surface area (Å²) in [6, 6.07) is 8.75. The second-order valence-electron chi connectivity index (χ2n) is 4.80. The average Bonchev–Trinajstić information content (AvgIpc) is 2.02. The van der Waals surface area contributed by atoms with Crippen LogP contribution in [0.1, 0.15) is 15.9 Å². The van der Waals surface area contributed by atoms with Gasteiger partial charge in [-0.1, -0.05) is 37.3 Å². The number of carbonyl (C=O) groups excluding carboxylic acids is 1. The van der Waals surface area contributed by atoms with Crippen LogP contribution in [-0.4, -0.2) is 14.0 Å². The van der Waals surface area contributed by atoms with Gasteiger partial charge in [-0.2, -0.15) is 0 Å². The first-order chi connectivity index (χ1) is 6.38. The molecule has 1 amide bonds. The maximum atomic E-state index is 10.8. The molecular formula is C11H17NOSi. The lowest BCUT2D eigenvalue weighted by Gasteiger charge is -2.15. The van der Waals surface area contributed by atoms with E-state index in [1.807, 2.05) is 12.1 Å². The molecule has 0 saturated heterocycles. The summed E-state index contributed by atoms with van der Waals surface area (Å²) in [5.74, 6) is -0.357. The molecule has 0 atom stereocenters. The molecule has 2 N–H and O–H groups in total. The van der Waals surface area contributed by atoms with Crippen LogP contribution in [0.5, 0.6) is 0 Å². The maximum Gasteiger partial charge on any atom is 0.248 e. The van der Waals surface area contributed by atoms with Crippen LogP contribution < -0.4 is 5.73 Å². The number of hydrogen-bond donors (Lipinski definition) is 1. The largest absolute Gasteiger partial charge is 0.366 e. The van der Waals surface area contributed by atoms with Crippen molar-refractivity contribution in [2.75, 3.05) is 0 Å². The van der Waals surface area contributed by atoms with Gasteiger partial charge < -0.3 is 5.73 Å². The Balaban J connectivity index is 2.79. The van der Waals surface area contributed by atoms with Crippen LogP contribution in [-0.2, 0) is 6.04 Å². The summed E-state index contributed by atoms with van der Waals surface area (Å²) >= 11 is 0. The molecule has 0 bridgehead atoms. The highest BCUT2D eigenvalue weighted by Crippen LogP contribution is 2.12. The summed E-state index contributed by atoms with van der Waals surface area (Å²) in [5.41, 5.74) is 7.05. The van der Waals surface area contributed by atoms with Crippen molar-refractivity contribution in [1.29, 1.82) is 0 Å². The Kier molecular flexibility index (Phi) is 3.11. The first-order valence-electron chi connectivity index (χ1n) is 4.77. The van der Waals surface area contributed by atoms with Gasteiger partial charge in [0, 0.05) is 13.6 Å². The molecule has 1 rings (SSSR count). The van der Waals surface area contributed by atoms with E-state index < -0.39 is 8.07 Å². The summed E-state index contributed by atoms with van der Waals surface area (Å²) < 4.78 is 0. The molecule has 0 spiro atoms. The molecule has 0 aromatic heterocycles. The van der Waals surface area contributed by atoms with Crippen LogP contribution in [0.2, 0.25) is 19.6 Å². The molecule has 0 unspecified atom stereocenters. The first kappa shape index (κ1) is 11.0. The van der Waals surface area contributed by atoms with Crippen LogP contribution in [0.3, 0.4) is 0 Å². The molecular weight excluding hydrogens is 190 g/mol. The Morgan fingerprint density at radius 2 is 1.71 bits per heavy atom. The minimum Gasteiger partial charge on any atom is -0.366 e. The Morgan fingerprint density at radius 1 is 1.21 bits per heavy atom. The third-order valence-electron chi connectivity index (χ3n) is 1.97. The highest BCUT2D eigenvalue weighted by Gasteiger charge is 2.13. The van der Waals surface area contributed by atoms with E-state index in [4.69, 9.17) is 5.73 Å². The van der Waals surface area contributed by atoms with E-state index >= 15 is 0 Å². The van der Waals surface area contributed by atoms with Gasteiger partial charge in [0.05, 0.1) is 0 Å². The molecule has 0 aliphatic heterocycles. The monoisotopic (exact) mass is 207 g/mol. The van der Waals surface area contributed by atoms with Crippen molar-refractivity contribution in [3.8, 4) is 0 Å². The minimum atomic E-state index is -1.06. The number of benzene rings is 1. The van der Waals surface area contributed by atoms with Crippen LogP contribution in [0.4, 0.5) is 0 Å². The fourth-order valence-electron chi connectivity index (χ4n) is 1.40. The molecule has 1 aromatic rings. The van der Waals surface area contributed by atoms with Gasteiger partial charge in [-0.15, -0.1) is 0 Å². The average molecular weight is 207 g/mol. The predicted octanol–water partition coefficient (Wildman–Crippen LogP) is 2.21. The molecule has 76 valence electrons. The van der Waals surface area contributed by atoms with Gasteiger partial charge in [0.15, 0.2) is 0 Å². The smallest absolute Gasteiger partial charge is 0.248 e. The van der Waals surface area contributed by atoms with Crippen molar-refractivity contribution in [2.45, 2.75) is 25.7 Å². The van der Waals surface area contributed by atoms with Gasteiger partial charge in [-0.05, 0) is 18.2 Å². The highest BCUT2D eigenvalue weighted by atomic mass is 28.3. The summed E-state index contributed by atoms with van der Waals surface area (Å²) in [4.78, 5) is 10.8. The summed E-state index contributed by atoms with van der Waals surface area (Å²) in [6.45, 7) is 6.99. The number of rotatable bonds is 3. The van der Waals surface area contributed by atoms with E-state index in [-0.39, 0.29) is 5.91 Å². The van der Waals surface area contributed by atoms with Crippen LogP contribution in [0.15, 0.2) is 24.3 Å². The Morgan fingerprint density at radius 3 is 2.07 bits per heavy atom.